The Morgan fingerprint density at radius 2 is 1.90 bits per heavy atom. The van der Waals surface area contributed by atoms with Crippen molar-refractivity contribution in [3.05, 3.63) is 0 Å². The topological polar surface area (TPSA) is 35.6 Å². The van der Waals surface area contributed by atoms with Gasteiger partial charge in [-0.2, -0.15) is 13.2 Å². The highest BCUT2D eigenvalue weighted by molar-refractivity contribution is 5.84. The third-order valence-corrected chi connectivity index (χ3v) is 3.71. The maximum Gasteiger partial charge on any atom is 0.404 e. The van der Waals surface area contributed by atoms with Crippen molar-refractivity contribution in [1.29, 1.82) is 0 Å². The standard InChI is InChI=1S/C13H24F3N3O/c1-4-7-19(9-8-18(2)3)11(20)12(13(14,15)16)5-6-17-10-12/h17H,4-10H2,1-3H3. The van der Waals surface area contributed by atoms with Crippen LogP contribution in [0.2, 0.25) is 0 Å². The van der Waals surface area contributed by atoms with E-state index in [0.29, 0.717) is 26.1 Å². The van der Waals surface area contributed by atoms with Gasteiger partial charge in [0.2, 0.25) is 5.91 Å². The molecule has 1 N–H and O–H groups in total. The minimum absolute atomic E-state index is 0.169. The number of hydrogen-bond donors (Lipinski definition) is 1. The van der Waals surface area contributed by atoms with Gasteiger partial charge >= 0.3 is 6.18 Å². The fraction of sp³-hybridized carbons (Fsp3) is 0.923. The van der Waals surface area contributed by atoms with Gasteiger partial charge in [-0.15, -0.1) is 0 Å². The number of alkyl halides is 3. The normalized spacial score (nSPS) is 23.4. The van der Waals surface area contributed by atoms with Gasteiger partial charge in [-0.25, -0.2) is 0 Å². The Morgan fingerprint density at radius 1 is 1.25 bits per heavy atom. The number of hydrogen-bond acceptors (Lipinski definition) is 3. The highest BCUT2D eigenvalue weighted by Gasteiger charge is 2.62. The van der Waals surface area contributed by atoms with Gasteiger partial charge in [0.05, 0.1) is 0 Å². The van der Waals surface area contributed by atoms with Gasteiger partial charge in [0.15, 0.2) is 5.41 Å². The summed E-state index contributed by atoms with van der Waals surface area (Å²) in [6.07, 6.45) is -4.02. The van der Waals surface area contributed by atoms with Crippen LogP contribution in [0.25, 0.3) is 0 Å². The summed E-state index contributed by atoms with van der Waals surface area (Å²) >= 11 is 0. The fourth-order valence-electron chi connectivity index (χ4n) is 2.45. The minimum Gasteiger partial charge on any atom is -0.341 e. The van der Waals surface area contributed by atoms with Gasteiger partial charge in [0, 0.05) is 26.2 Å². The average Bonchev–Trinajstić information content (AvgIpc) is 2.83. The zero-order chi connectivity index (χ0) is 15.4. The first-order valence-electron chi connectivity index (χ1n) is 6.96. The Morgan fingerprint density at radius 3 is 2.30 bits per heavy atom. The summed E-state index contributed by atoms with van der Waals surface area (Å²) < 4.78 is 40.1. The maximum atomic E-state index is 13.4. The summed E-state index contributed by atoms with van der Waals surface area (Å²) in [5.41, 5.74) is -2.24. The van der Waals surface area contributed by atoms with Crippen molar-refractivity contribution in [3.63, 3.8) is 0 Å². The molecule has 1 fully saturated rings. The van der Waals surface area contributed by atoms with Crippen LogP contribution in [-0.4, -0.2) is 68.7 Å². The molecule has 0 aromatic rings. The van der Waals surface area contributed by atoms with Crippen molar-refractivity contribution in [1.82, 2.24) is 15.1 Å². The molecular weight excluding hydrogens is 271 g/mol. The second kappa shape index (κ2) is 6.76. The highest BCUT2D eigenvalue weighted by atomic mass is 19.4. The lowest BCUT2D eigenvalue weighted by Gasteiger charge is -2.35. The third kappa shape index (κ3) is 3.63. The lowest BCUT2D eigenvalue weighted by molar-refractivity contribution is -0.221. The predicted octanol–water partition coefficient (Wildman–Crippen LogP) is 1.33. The van der Waals surface area contributed by atoms with E-state index in [1.807, 2.05) is 25.9 Å². The molecule has 0 bridgehead atoms. The second-order valence-corrected chi connectivity index (χ2v) is 5.60. The molecule has 1 unspecified atom stereocenters. The SMILES string of the molecule is CCCN(CCN(C)C)C(=O)C1(C(F)(F)F)CCNC1. The van der Waals surface area contributed by atoms with E-state index in [4.69, 9.17) is 0 Å². The number of nitrogens with one attached hydrogen (secondary N) is 1. The van der Waals surface area contributed by atoms with Crippen LogP contribution in [0, 0.1) is 5.41 Å². The van der Waals surface area contributed by atoms with Gasteiger partial charge in [-0.05, 0) is 33.5 Å². The molecule has 1 heterocycles. The molecule has 118 valence electrons. The van der Waals surface area contributed by atoms with Crippen LogP contribution < -0.4 is 5.32 Å². The third-order valence-electron chi connectivity index (χ3n) is 3.71. The number of carbonyl (C=O) groups is 1. The van der Waals surface area contributed by atoms with Crippen LogP contribution in [0.15, 0.2) is 0 Å². The molecule has 4 nitrogen and oxygen atoms in total. The average molecular weight is 295 g/mol. The Kier molecular flexibility index (Phi) is 5.82. The van der Waals surface area contributed by atoms with E-state index >= 15 is 0 Å². The Balaban J connectivity index is 2.90. The van der Waals surface area contributed by atoms with E-state index in [9.17, 15) is 18.0 Å². The maximum absolute atomic E-state index is 13.4. The zero-order valence-electron chi connectivity index (χ0n) is 12.4. The molecule has 1 atom stereocenters. The first kappa shape index (κ1) is 17.2. The van der Waals surface area contributed by atoms with Crippen molar-refractivity contribution in [2.45, 2.75) is 25.9 Å². The van der Waals surface area contributed by atoms with Gasteiger partial charge in [-0.1, -0.05) is 6.92 Å². The summed E-state index contributed by atoms with van der Waals surface area (Å²) in [5.74, 6) is -0.779. The van der Waals surface area contributed by atoms with Gasteiger partial charge in [0.25, 0.3) is 0 Å². The van der Waals surface area contributed by atoms with Crippen LogP contribution in [0.5, 0.6) is 0 Å². The predicted molar refractivity (Wildman–Crippen MR) is 71.4 cm³/mol. The van der Waals surface area contributed by atoms with Crippen LogP contribution in [0.4, 0.5) is 13.2 Å². The smallest absolute Gasteiger partial charge is 0.341 e. The molecule has 7 heteroatoms. The lowest BCUT2D eigenvalue weighted by Crippen LogP contribution is -2.54. The van der Waals surface area contributed by atoms with Crippen molar-refractivity contribution < 1.29 is 18.0 Å². The molecule has 0 aromatic carbocycles. The molecule has 1 rings (SSSR count). The van der Waals surface area contributed by atoms with E-state index in [-0.39, 0.29) is 19.5 Å². The second-order valence-electron chi connectivity index (χ2n) is 5.60. The van der Waals surface area contributed by atoms with Crippen LogP contribution in [-0.2, 0) is 4.79 Å². The number of amides is 1. The van der Waals surface area contributed by atoms with E-state index in [0.717, 1.165) is 0 Å². The van der Waals surface area contributed by atoms with Crippen molar-refractivity contribution >= 4 is 5.91 Å². The molecule has 1 saturated heterocycles. The van der Waals surface area contributed by atoms with Gasteiger partial charge in [-0.3, -0.25) is 4.79 Å². The van der Waals surface area contributed by atoms with Gasteiger partial charge in [0.1, 0.15) is 0 Å². The van der Waals surface area contributed by atoms with Gasteiger partial charge < -0.3 is 15.1 Å². The number of rotatable bonds is 6. The Hall–Kier alpha value is -0.820. The molecule has 1 aliphatic heterocycles. The van der Waals surface area contributed by atoms with Crippen LogP contribution >= 0.6 is 0 Å². The van der Waals surface area contributed by atoms with Crippen molar-refractivity contribution in [2.75, 3.05) is 46.8 Å². The van der Waals surface area contributed by atoms with E-state index in [2.05, 4.69) is 5.32 Å². The monoisotopic (exact) mass is 295 g/mol. The molecule has 20 heavy (non-hydrogen) atoms. The molecule has 0 radical (unpaired) electrons. The van der Waals surface area contributed by atoms with E-state index in [1.54, 1.807) is 0 Å². The van der Waals surface area contributed by atoms with E-state index in [1.165, 1.54) is 4.90 Å². The summed E-state index contributed by atoms with van der Waals surface area (Å²) in [6.45, 7) is 3.05. The van der Waals surface area contributed by atoms with E-state index < -0.39 is 17.5 Å². The number of nitrogens with zero attached hydrogens (tertiary/aromatic N) is 2. The van der Waals surface area contributed by atoms with Crippen LogP contribution in [0.3, 0.4) is 0 Å². The molecule has 1 aliphatic rings. The lowest BCUT2D eigenvalue weighted by atomic mass is 9.84. The number of likely N-dealkylation sites (N-methyl/N-ethyl adjacent to an activating group) is 1. The summed E-state index contributed by atoms with van der Waals surface area (Å²) in [4.78, 5) is 15.7. The molecule has 0 spiro atoms. The molecule has 0 aliphatic carbocycles. The zero-order valence-corrected chi connectivity index (χ0v) is 12.4. The fourth-order valence-corrected chi connectivity index (χ4v) is 2.45. The summed E-state index contributed by atoms with van der Waals surface area (Å²) in [7, 11) is 3.68. The number of halogens is 3. The quantitative estimate of drug-likeness (QED) is 0.803. The molecule has 0 saturated carbocycles. The first-order chi connectivity index (χ1) is 9.24. The Labute approximate surface area is 118 Å². The Bertz CT molecular complexity index is 325. The number of carbonyl (C=O) groups excluding carboxylic acids is 1. The summed E-state index contributed by atoms with van der Waals surface area (Å²) in [5, 5.41) is 2.68. The first-order valence-corrected chi connectivity index (χ1v) is 6.96. The van der Waals surface area contributed by atoms with Crippen molar-refractivity contribution in [2.24, 2.45) is 5.41 Å². The molecule has 0 aromatic heterocycles. The minimum atomic E-state index is -4.50. The molecular formula is C13H24F3N3O. The van der Waals surface area contributed by atoms with Crippen molar-refractivity contribution in [3.8, 4) is 0 Å². The van der Waals surface area contributed by atoms with Crippen LogP contribution in [0.1, 0.15) is 19.8 Å². The molecule has 1 amide bonds. The highest BCUT2D eigenvalue weighted by Crippen LogP contribution is 2.44. The summed E-state index contributed by atoms with van der Waals surface area (Å²) in [6, 6.07) is 0. The largest absolute Gasteiger partial charge is 0.404 e.